The van der Waals surface area contributed by atoms with Crippen molar-refractivity contribution in [3.8, 4) is 0 Å². The predicted molar refractivity (Wildman–Crippen MR) is 121 cm³/mol. The summed E-state index contributed by atoms with van der Waals surface area (Å²) in [5, 5.41) is 2.88. The highest BCUT2D eigenvalue weighted by atomic mass is 32.2. The number of sulfone groups is 1. The maximum Gasteiger partial charge on any atom is 0.232 e. The molecule has 6 nitrogen and oxygen atoms in total. The van der Waals surface area contributed by atoms with Gasteiger partial charge in [0.2, 0.25) is 5.91 Å². The molecule has 0 bridgehead atoms. The van der Waals surface area contributed by atoms with Crippen molar-refractivity contribution in [1.82, 2.24) is 5.32 Å². The lowest BCUT2D eigenvalue weighted by Gasteiger charge is -2.27. The summed E-state index contributed by atoms with van der Waals surface area (Å²) in [6, 6.07) is 7.03. The molecular formula is C24H34N2O4S. The van der Waals surface area contributed by atoms with Crippen LogP contribution in [0.3, 0.4) is 0 Å². The van der Waals surface area contributed by atoms with Crippen molar-refractivity contribution in [1.29, 1.82) is 0 Å². The number of nitrogens with one attached hydrogen (secondary N) is 1. The monoisotopic (exact) mass is 446 g/mol. The molecule has 1 unspecified atom stereocenters. The first-order valence-corrected chi connectivity index (χ1v) is 13.3. The van der Waals surface area contributed by atoms with Crippen molar-refractivity contribution >= 4 is 21.6 Å². The molecule has 0 spiro atoms. The highest BCUT2D eigenvalue weighted by Gasteiger charge is 2.37. The molecule has 2 fully saturated rings. The van der Waals surface area contributed by atoms with E-state index >= 15 is 0 Å². The second-order valence-electron chi connectivity index (χ2n) is 9.14. The van der Waals surface area contributed by atoms with Crippen molar-refractivity contribution in [2.24, 2.45) is 10.9 Å². The lowest BCUT2D eigenvalue weighted by atomic mass is 9.84. The Morgan fingerprint density at radius 2 is 1.74 bits per heavy atom. The molecule has 170 valence electrons. The molecule has 31 heavy (non-hydrogen) atoms. The van der Waals surface area contributed by atoms with Crippen LogP contribution in [0.25, 0.3) is 0 Å². The van der Waals surface area contributed by atoms with Crippen LogP contribution in [0.1, 0.15) is 75.7 Å². The topological polar surface area (TPSA) is 84.8 Å². The molecule has 1 amide bonds. The summed E-state index contributed by atoms with van der Waals surface area (Å²) in [5.74, 6) is 0.894. The maximum atomic E-state index is 13.3. The molecule has 7 heteroatoms. The molecule has 2 aliphatic heterocycles. The normalized spacial score (nSPS) is 22.1. The summed E-state index contributed by atoms with van der Waals surface area (Å²) in [5.41, 5.74) is 0.880. The zero-order valence-electron chi connectivity index (χ0n) is 18.2. The van der Waals surface area contributed by atoms with Crippen molar-refractivity contribution in [2.45, 2.75) is 80.3 Å². The third-order valence-electron chi connectivity index (χ3n) is 6.69. The first-order valence-electron chi connectivity index (χ1n) is 11.8. The van der Waals surface area contributed by atoms with Gasteiger partial charge in [0.1, 0.15) is 5.84 Å². The fourth-order valence-corrected chi connectivity index (χ4v) is 6.21. The molecule has 1 aromatic carbocycles. The van der Waals surface area contributed by atoms with E-state index in [0.717, 1.165) is 82.5 Å². The van der Waals surface area contributed by atoms with Gasteiger partial charge in [-0.1, -0.05) is 25.0 Å². The Kier molecular flexibility index (Phi) is 7.43. The van der Waals surface area contributed by atoms with Gasteiger partial charge >= 0.3 is 0 Å². The molecule has 1 N–H and O–H groups in total. The van der Waals surface area contributed by atoms with Gasteiger partial charge in [-0.2, -0.15) is 0 Å². The SMILES string of the molecule is O=C(NC1=NCCCCCC1)C(CC1CCOCC1)c1ccc(S(=O)(=O)C2CC2)cc1. The van der Waals surface area contributed by atoms with Crippen LogP contribution in [-0.4, -0.2) is 45.2 Å². The smallest absolute Gasteiger partial charge is 0.232 e. The van der Waals surface area contributed by atoms with Crippen LogP contribution in [0.5, 0.6) is 0 Å². The van der Waals surface area contributed by atoms with Gasteiger partial charge in [0, 0.05) is 26.2 Å². The van der Waals surface area contributed by atoms with Gasteiger partial charge in [-0.25, -0.2) is 8.42 Å². The van der Waals surface area contributed by atoms with Crippen molar-refractivity contribution < 1.29 is 17.9 Å². The molecule has 1 saturated carbocycles. The molecule has 1 atom stereocenters. The minimum atomic E-state index is -3.22. The highest BCUT2D eigenvalue weighted by Crippen LogP contribution is 2.35. The number of rotatable bonds is 6. The number of amides is 1. The van der Waals surface area contributed by atoms with Crippen LogP contribution < -0.4 is 5.32 Å². The standard InChI is InChI=1S/C24H34N2O4S/c27-24(26-23-5-3-1-2-4-14-25-23)22(17-18-12-15-30-16-13-18)19-6-8-20(9-7-19)31(28,29)21-10-11-21/h6-9,18,21-22H,1-5,10-17H2,(H,25,26,27). The Bertz CT molecular complexity index is 885. The Balaban J connectivity index is 1.52. The van der Waals surface area contributed by atoms with Gasteiger partial charge in [-0.05, 0) is 68.6 Å². The lowest BCUT2D eigenvalue weighted by Crippen LogP contribution is -2.36. The molecule has 3 aliphatic rings. The van der Waals surface area contributed by atoms with Crippen molar-refractivity contribution in [3.05, 3.63) is 29.8 Å². The summed E-state index contributed by atoms with van der Waals surface area (Å²) < 4.78 is 30.6. The van der Waals surface area contributed by atoms with Crippen LogP contribution in [0.2, 0.25) is 0 Å². The number of carbonyl (C=O) groups is 1. The quantitative estimate of drug-likeness (QED) is 0.716. The van der Waals surface area contributed by atoms with Crippen molar-refractivity contribution in [2.75, 3.05) is 19.8 Å². The second-order valence-corrected chi connectivity index (χ2v) is 11.4. The predicted octanol–water partition coefficient (Wildman–Crippen LogP) is 4.00. The first-order chi connectivity index (χ1) is 15.0. The Hall–Kier alpha value is -1.73. The third kappa shape index (κ3) is 5.95. The van der Waals surface area contributed by atoms with Gasteiger partial charge in [0.15, 0.2) is 9.84 Å². The summed E-state index contributed by atoms with van der Waals surface area (Å²) in [7, 11) is -3.22. The number of carbonyl (C=O) groups excluding carboxylic acids is 1. The summed E-state index contributed by atoms with van der Waals surface area (Å²) in [6.07, 6.45) is 9.48. The summed E-state index contributed by atoms with van der Waals surface area (Å²) in [4.78, 5) is 18.3. The first kappa shape index (κ1) is 22.5. The van der Waals surface area contributed by atoms with E-state index in [1.54, 1.807) is 12.1 Å². The highest BCUT2D eigenvalue weighted by molar-refractivity contribution is 7.92. The number of hydrogen-bond acceptors (Lipinski definition) is 5. The molecule has 4 rings (SSSR count). The molecular weight excluding hydrogens is 412 g/mol. The average molecular weight is 447 g/mol. The molecule has 2 heterocycles. The van der Waals surface area contributed by atoms with Crippen LogP contribution >= 0.6 is 0 Å². The summed E-state index contributed by atoms with van der Waals surface area (Å²) in [6.45, 7) is 2.25. The van der Waals surface area contributed by atoms with Gasteiger partial charge in [-0.15, -0.1) is 0 Å². The minimum Gasteiger partial charge on any atom is -0.381 e. The fourth-order valence-electron chi connectivity index (χ4n) is 4.55. The molecule has 0 aromatic heterocycles. The van der Waals surface area contributed by atoms with Gasteiger partial charge in [0.25, 0.3) is 0 Å². The van der Waals surface area contributed by atoms with Crippen LogP contribution in [-0.2, 0) is 19.4 Å². The van der Waals surface area contributed by atoms with E-state index in [1.807, 2.05) is 12.1 Å². The molecule has 1 aromatic rings. The number of hydrogen-bond donors (Lipinski definition) is 1. The largest absolute Gasteiger partial charge is 0.381 e. The van der Waals surface area contributed by atoms with Crippen LogP contribution in [0.15, 0.2) is 34.2 Å². The van der Waals surface area contributed by atoms with Gasteiger partial charge in [-0.3, -0.25) is 9.79 Å². The fraction of sp³-hybridized carbons (Fsp3) is 0.667. The van der Waals surface area contributed by atoms with Crippen LogP contribution in [0.4, 0.5) is 0 Å². The zero-order valence-corrected chi connectivity index (χ0v) is 19.0. The van der Waals surface area contributed by atoms with E-state index in [9.17, 15) is 13.2 Å². The van der Waals surface area contributed by atoms with E-state index in [4.69, 9.17) is 4.74 Å². The van der Waals surface area contributed by atoms with E-state index in [1.165, 1.54) is 12.8 Å². The number of aliphatic imine (C=N–C) groups is 1. The number of ether oxygens (including phenoxy) is 1. The minimum absolute atomic E-state index is 0.0244. The Morgan fingerprint density at radius 3 is 2.45 bits per heavy atom. The van der Waals surface area contributed by atoms with Crippen molar-refractivity contribution in [3.63, 3.8) is 0 Å². The number of nitrogens with zero attached hydrogens (tertiary/aromatic N) is 1. The van der Waals surface area contributed by atoms with Gasteiger partial charge < -0.3 is 10.1 Å². The molecule has 1 aliphatic carbocycles. The number of amidine groups is 1. The maximum absolute atomic E-state index is 13.3. The Morgan fingerprint density at radius 1 is 1.03 bits per heavy atom. The summed E-state index contributed by atoms with van der Waals surface area (Å²) >= 11 is 0. The van der Waals surface area contributed by atoms with E-state index in [0.29, 0.717) is 10.8 Å². The zero-order chi connectivity index (χ0) is 21.7. The molecule has 1 saturated heterocycles. The van der Waals surface area contributed by atoms with E-state index in [-0.39, 0.29) is 17.1 Å². The number of benzene rings is 1. The van der Waals surface area contributed by atoms with Gasteiger partial charge in [0.05, 0.1) is 16.1 Å². The van der Waals surface area contributed by atoms with E-state index in [2.05, 4.69) is 10.3 Å². The third-order valence-corrected chi connectivity index (χ3v) is 8.97. The Labute approximate surface area is 185 Å². The lowest BCUT2D eigenvalue weighted by molar-refractivity contribution is -0.121. The van der Waals surface area contributed by atoms with E-state index < -0.39 is 9.84 Å². The second kappa shape index (κ2) is 10.3. The molecule has 0 radical (unpaired) electrons. The average Bonchev–Trinajstić information content (AvgIpc) is 3.61. The van der Waals surface area contributed by atoms with Crippen LogP contribution in [0, 0.1) is 5.92 Å².